The Labute approximate surface area is 141 Å². The maximum atomic E-state index is 13.4. The van der Waals surface area contributed by atoms with Gasteiger partial charge in [0.05, 0.1) is 6.04 Å². The molecule has 0 heterocycles. The minimum absolute atomic E-state index is 0.217. The maximum Gasteiger partial charge on any atom is 0.460 e. The summed E-state index contributed by atoms with van der Waals surface area (Å²) in [5.74, 6) is -23.2. The first kappa shape index (κ1) is 21.9. The van der Waals surface area contributed by atoms with Crippen molar-refractivity contribution >= 4 is 5.91 Å². The van der Waals surface area contributed by atoms with E-state index in [2.05, 4.69) is 0 Å². The normalized spacial score (nSPS) is 14.7. The molecule has 26 heavy (non-hydrogen) atoms. The van der Waals surface area contributed by atoms with Gasteiger partial charge in [-0.2, -0.15) is 39.5 Å². The molecule has 1 atom stereocenters. The molecule has 148 valence electrons. The maximum absolute atomic E-state index is 13.4. The number of hydrogen-bond donors (Lipinski definition) is 1. The number of carbonyl (C=O) groups is 1. The second-order valence-electron chi connectivity index (χ2n) is 5.22. The summed E-state index contributed by atoms with van der Waals surface area (Å²) in [6.45, 7) is 0.462. The van der Waals surface area contributed by atoms with Crippen molar-refractivity contribution in [1.82, 2.24) is 5.32 Å². The van der Waals surface area contributed by atoms with E-state index in [-0.39, 0.29) is 5.75 Å². The van der Waals surface area contributed by atoms with Crippen LogP contribution >= 0.6 is 0 Å². The Morgan fingerprint density at radius 2 is 1.46 bits per heavy atom. The van der Waals surface area contributed by atoms with Gasteiger partial charge in [-0.15, -0.1) is 0 Å². The molecular formula is C14H12F9NO2. The third-order valence-electron chi connectivity index (χ3n) is 3.05. The van der Waals surface area contributed by atoms with Crippen LogP contribution in [-0.2, 0) is 4.79 Å². The Bertz CT molecular complexity index is 617. The number of alkyl halides is 9. The molecule has 0 aliphatic heterocycles. The Balaban J connectivity index is 2.83. The lowest BCUT2D eigenvalue weighted by molar-refractivity contribution is -0.388. The zero-order valence-corrected chi connectivity index (χ0v) is 12.9. The van der Waals surface area contributed by atoms with E-state index in [9.17, 15) is 44.3 Å². The molecule has 0 saturated heterocycles. The Morgan fingerprint density at radius 3 is 1.92 bits per heavy atom. The van der Waals surface area contributed by atoms with Gasteiger partial charge in [-0.25, -0.2) is 0 Å². The van der Waals surface area contributed by atoms with Crippen molar-refractivity contribution in [3.05, 3.63) is 30.3 Å². The first-order chi connectivity index (χ1) is 11.6. The molecule has 0 saturated carbocycles. The van der Waals surface area contributed by atoms with Crippen molar-refractivity contribution in [2.45, 2.75) is 36.9 Å². The number of halogens is 9. The van der Waals surface area contributed by atoms with Gasteiger partial charge in [0.1, 0.15) is 12.4 Å². The molecule has 1 aromatic carbocycles. The molecule has 1 N–H and O–H groups in total. The highest BCUT2D eigenvalue weighted by atomic mass is 19.4. The van der Waals surface area contributed by atoms with Crippen LogP contribution < -0.4 is 10.1 Å². The summed E-state index contributed by atoms with van der Waals surface area (Å²) in [5.41, 5.74) is 0. The lowest BCUT2D eigenvalue weighted by Gasteiger charge is -2.33. The summed E-state index contributed by atoms with van der Waals surface area (Å²) in [4.78, 5) is 11.2. The monoisotopic (exact) mass is 397 g/mol. The fourth-order valence-corrected chi connectivity index (χ4v) is 1.61. The molecule has 1 amide bonds. The summed E-state index contributed by atoms with van der Waals surface area (Å²) in [6, 6.07) is 6.15. The van der Waals surface area contributed by atoms with E-state index < -0.39 is 42.5 Å². The van der Waals surface area contributed by atoms with E-state index in [1.807, 2.05) is 0 Å². The largest absolute Gasteiger partial charge is 0.491 e. The van der Waals surface area contributed by atoms with Crippen LogP contribution in [0, 0.1) is 0 Å². The van der Waals surface area contributed by atoms with E-state index in [0.717, 1.165) is 6.92 Å². The van der Waals surface area contributed by atoms with E-state index >= 15 is 0 Å². The molecule has 0 aromatic heterocycles. The SMILES string of the molecule is CC(COc1ccccc1)NC(=O)C(F)(F)C(F)(F)C(F)(F)C(F)(F)F. The molecule has 1 aromatic rings. The topological polar surface area (TPSA) is 38.3 Å². The second-order valence-corrected chi connectivity index (χ2v) is 5.22. The molecule has 1 unspecified atom stereocenters. The number of nitrogens with one attached hydrogen (secondary N) is 1. The van der Waals surface area contributed by atoms with Gasteiger partial charge in [-0.05, 0) is 19.1 Å². The predicted molar refractivity (Wildman–Crippen MR) is 70.4 cm³/mol. The number of para-hydroxylation sites is 1. The standard InChI is InChI=1S/C14H12F9NO2/c1-8(7-26-9-5-3-2-4-6-9)24-10(25)11(15,16)12(17,18)13(19,20)14(21,22)23/h2-6,8H,7H2,1H3,(H,24,25). The Hall–Kier alpha value is -2.14. The van der Waals surface area contributed by atoms with E-state index in [0.29, 0.717) is 0 Å². The predicted octanol–water partition coefficient (Wildman–Crippen LogP) is 4.04. The highest BCUT2D eigenvalue weighted by molar-refractivity contribution is 5.85. The number of carbonyl (C=O) groups excluding carboxylic acids is 1. The fraction of sp³-hybridized carbons (Fsp3) is 0.500. The molecule has 0 aliphatic rings. The number of amides is 1. The first-order valence-electron chi connectivity index (χ1n) is 6.83. The van der Waals surface area contributed by atoms with Crippen molar-refractivity contribution < 1.29 is 49.0 Å². The van der Waals surface area contributed by atoms with Crippen molar-refractivity contribution in [1.29, 1.82) is 0 Å². The number of hydrogen-bond acceptors (Lipinski definition) is 2. The van der Waals surface area contributed by atoms with Gasteiger partial charge in [0.25, 0.3) is 5.91 Å². The summed E-state index contributed by atoms with van der Waals surface area (Å²) in [7, 11) is 0. The van der Waals surface area contributed by atoms with Crippen LogP contribution in [0.3, 0.4) is 0 Å². The van der Waals surface area contributed by atoms with Crippen LogP contribution in [0.2, 0.25) is 0 Å². The smallest absolute Gasteiger partial charge is 0.460 e. The van der Waals surface area contributed by atoms with Crippen LogP contribution in [0.25, 0.3) is 0 Å². The minimum Gasteiger partial charge on any atom is -0.491 e. The van der Waals surface area contributed by atoms with Crippen LogP contribution in [-0.4, -0.2) is 42.5 Å². The van der Waals surface area contributed by atoms with Crippen LogP contribution in [0.1, 0.15) is 6.92 Å². The zero-order chi connectivity index (χ0) is 20.4. The summed E-state index contributed by atoms with van der Waals surface area (Å²) >= 11 is 0. The second kappa shape index (κ2) is 7.23. The summed E-state index contributed by atoms with van der Waals surface area (Å²) in [6.07, 6.45) is -6.98. The summed E-state index contributed by atoms with van der Waals surface area (Å²) < 4.78 is 119. The third-order valence-corrected chi connectivity index (χ3v) is 3.05. The van der Waals surface area contributed by atoms with Crippen LogP contribution in [0.5, 0.6) is 5.75 Å². The van der Waals surface area contributed by atoms with Gasteiger partial charge < -0.3 is 10.1 Å². The van der Waals surface area contributed by atoms with Crippen LogP contribution in [0.4, 0.5) is 39.5 Å². The van der Waals surface area contributed by atoms with Crippen molar-refractivity contribution in [3.63, 3.8) is 0 Å². The van der Waals surface area contributed by atoms with Crippen LogP contribution in [0.15, 0.2) is 30.3 Å². The third kappa shape index (κ3) is 4.15. The highest BCUT2D eigenvalue weighted by Crippen LogP contribution is 2.53. The summed E-state index contributed by atoms with van der Waals surface area (Å²) in [5, 5.41) is 1.23. The van der Waals surface area contributed by atoms with Gasteiger partial charge in [0.2, 0.25) is 0 Å². The van der Waals surface area contributed by atoms with Gasteiger partial charge >= 0.3 is 23.9 Å². The molecule has 3 nitrogen and oxygen atoms in total. The van der Waals surface area contributed by atoms with Gasteiger partial charge in [-0.3, -0.25) is 4.79 Å². The Kier molecular flexibility index (Phi) is 6.09. The van der Waals surface area contributed by atoms with Crippen molar-refractivity contribution in [2.24, 2.45) is 0 Å². The average Bonchev–Trinajstić information content (AvgIpc) is 2.52. The number of benzene rings is 1. The molecule has 12 heteroatoms. The quantitative estimate of drug-likeness (QED) is 0.706. The lowest BCUT2D eigenvalue weighted by atomic mass is 10.0. The van der Waals surface area contributed by atoms with E-state index in [4.69, 9.17) is 4.74 Å². The first-order valence-corrected chi connectivity index (χ1v) is 6.83. The number of rotatable bonds is 7. The van der Waals surface area contributed by atoms with E-state index in [1.165, 1.54) is 29.6 Å². The molecule has 0 aliphatic carbocycles. The van der Waals surface area contributed by atoms with Gasteiger partial charge in [-0.1, -0.05) is 18.2 Å². The number of ether oxygens (including phenoxy) is 1. The highest BCUT2D eigenvalue weighted by Gasteiger charge is 2.83. The molecule has 0 fully saturated rings. The molecule has 1 rings (SSSR count). The van der Waals surface area contributed by atoms with Gasteiger partial charge in [0, 0.05) is 0 Å². The molecular weight excluding hydrogens is 385 g/mol. The van der Waals surface area contributed by atoms with E-state index in [1.54, 1.807) is 6.07 Å². The Morgan fingerprint density at radius 1 is 0.962 bits per heavy atom. The molecule has 0 bridgehead atoms. The van der Waals surface area contributed by atoms with Crippen molar-refractivity contribution in [2.75, 3.05) is 6.61 Å². The fourth-order valence-electron chi connectivity index (χ4n) is 1.61. The zero-order valence-electron chi connectivity index (χ0n) is 12.9. The van der Waals surface area contributed by atoms with Gasteiger partial charge in [0.15, 0.2) is 0 Å². The lowest BCUT2D eigenvalue weighted by Crippen LogP contribution is -2.66. The molecule has 0 radical (unpaired) electrons. The minimum atomic E-state index is -7.12. The van der Waals surface area contributed by atoms with Crippen molar-refractivity contribution in [3.8, 4) is 5.75 Å². The average molecular weight is 397 g/mol. The molecule has 0 spiro atoms.